The largest absolute Gasteiger partial charge is 0.508 e. The van der Waals surface area contributed by atoms with E-state index in [0.717, 1.165) is 24.2 Å². The van der Waals surface area contributed by atoms with Gasteiger partial charge in [0.25, 0.3) is 0 Å². The zero-order chi connectivity index (χ0) is 13.9. The Hall–Kier alpha value is 0.202. The van der Waals surface area contributed by atoms with Crippen molar-refractivity contribution >= 4 is 0 Å². The van der Waals surface area contributed by atoms with Gasteiger partial charge in [-0.3, -0.25) is 0 Å². The molecular formula is C19H24AcO. The van der Waals surface area contributed by atoms with Crippen LogP contribution in [-0.2, 0) is 6.42 Å². The molecule has 1 N–H and O–H groups in total. The summed E-state index contributed by atoms with van der Waals surface area (Å²) in [5.74, 6) is 2.86. The van der Waals surface area contributed by atoms with E-state index >= 15 is 0 Å². The number of hydrogen-bond donors (Lipinski definition) is 1. The maximum Gasteiger partial charge on any atom is 0.115 e. The van der Waals surface area contributed by atoms with E-state index in [-0.39, 0.29) is 44.1 Å². The molecule has 3 aliphatic carbocycles. The van der Waals surface area contributed by atoms with Crippen molar-refractivity contribution in [2.24, 2.45) is 17.3 Å². The van der Waals surface area contributed by atoms with Gasteiger partial charge >= 0.3 is 0 Å². The minimum Gasteiger partial charge on any atom is -0.508 e. The molecule has 3 aliphatic rings. The van der Waals surface area contributed by atoms with Crippen LogP contribution in [0.3, 0.4) is 0 Å². The third-order valence-electron chi connectivity index (χ3n) is 6.68. The van der Waals surface area contributed by atoms with Crippen molar-refractivity contribution in [1.82, 2.24) is 0 Å². The van der Waals surface area contributed by atoms with Crippen LogP contribution in [0.1, 0.15) is 56.6 Å². The first-order valence-corrected chi connectivity index (χ1v) is 8.08. The topological polar surface area (TPSA) is 20.2 Å². The number of benzene rings is 1. The average Bonchev–Trinajstić information content (AvgIpc) is 2.74. The number of allylic oxidation sites excluding steroid dienone is 2. The summed E-state index contributed by atoms with van der Waals surface area (Å²) in [4.78, 5) is 0. The van der Waals surface area contributed by atoms with E-state index in [0.29, 0.717) is 11.2 Å². The fourth-order valence-electron chi connectivity index (χ4n) is 5.35. The van der Waals surface area contributed by atoms with Gasteiger partial charge in [0.2, 0.25) is 0 Å². The third kappa shape index (κ3) is 2.36. The van der Waals surface area contributed by atoms with Gasteiger partial charge in [-0.1, -0.05) is 24.6 Å². The molecule has 1 saturated carbocycles. The van der Waals surface area contributed by atoms with Crippen molar-refractivity contribution in [3.05, 3.63) is 41.0 Å². The first-order chi connectivity index (χ1) is 9.59. The Kier molecular flexibility index (Phi) is 4.35. The van der Waals surface area contributed by atoms with E-state index in [1.807, 2.05) is 12.1 Å². The SMILES string of the molecule is CC1=CCC2C3CCc4cc(O)ccc4C3CCC12C.[Ac]. The first kappa shape index (κ1) is 16.1. The number of phenols is 1. The van der Waals surface area contributed by atoms with Crippen LogP contribution in [0.2, 0.25) is 0 Å². The van der Waals surface area contributed by atoms with Gasteiger partial charge < -0.3 is 5.11 Å². The van der Waals surface area contributed by atoms with E-state index in [4.69, 9.17) is 0 Å². The fraction of sp³-hybridized carbons (Fsp3) is 0.579. The zero-order valence-electron chi connectivity index (χ0n) is 13.1. The van der Waals surface area contributed by atoms with Crippen LogP contribution in [0.25, 0.3) is 0 Å². The second-order valence-electron chi connectivity index (χ2n) is 7.38. The maximum atomic E-state index is 9.70. The summed E-state index contributed by atoms with van der Waals surface area (Å²) < 4.78 is 0. The quantitative estimate of drug-likeness (QED) is 0.513. The Labute approximate surface area is 163 Å². The molecule has 4 atom stereocenters. The molecular weight excluding hydrogens is 471 g/mol. The zero-order valence-corrected chi connectivity index (χ0v) is 17.8. The predicted molar refractivity (Wildman–Crippen MR) is 81.9 cm³/mol. The molecule has 1 aromatic rings. The van der Waals surface area contributed by atoms with Crippen LogP contribution >= 0.6 is 0 Å². The number of rotatable bonds is 0. The summed E-state index contributed by atoms with van der Waals surface area (Å²) in [5, 5.41) is 9.70. The fourth-order valence-corrected chi connectivity index (χ4v) is 5.35. The van der Waals surface area contributed by atoms with Gasteiger partial charge in [-0.05, 0) is 85.5 Å². The molecule has 1 nitrogen and oxygen atoms in total. The normalized spacial score (nSPS) is 36.9. The molecule has 109 valence electrons. The molecule has 1 fully saturated rings. The Balaban J connectivity index is 0.00000132. The third-order valence-corrected chi connectivity index (χ3v) is 6.68. The van der Waals surface area contributed by atoms with Crippen molar-refractivity contribution in [3.63, 3.8) is 0 Å². The molecule has 0 aliphatic heterocycles. The van der Waals surface area contributed by atoms with Crippen molar-refractivity contribution in [1.29, 1.82) is 0 Å². The van der Waals surface area contributed by atoms with Crippen molar-refractivity contribution < 1.29 is 49.2 Å². The molecule has 1 aromatic carbocycles. The van der Waals surface area contributed by atoms with Gasteiger partial charge in [0, 0.05) is 44.1 Å². The number of fused-ring (bicyclic) bond motifs is 5. The summed E-state index contributed by atoms with van der Waals surface area (Å²) in [6.07, 6.45) is 8.90. The minimum absolute atomic E-state index is 0. The Morgan fingerprint density at radius 2 is 2.05 bits per heavy atom. The van der Waals surface area contributed by atoms with E-state index < -0.39 is 0 Å². The molecule has 0 aromatic heterocycles. The van der Waals surface area contributed by atoms with Gasteiger partial charge in [0.1, 0.15) is 5.75 Å². The molecule has 0 spiro atoms. The van der Waals surface area contributed by atoms with Crippen LogP contribution in [-0.4, -0.2) is 5.11 Å². The Morgan fingerprint density at radius 3 is 2.86 bits per heavy atom. The standard InChI is InChI=1S/C19H24O.Ac/c1-12-3-8-18-17-6-4-13-11-14(20)5-7-15(13)16(17)9-10-19(12,18)2;/h3,5,7,11,16-18,20H,4,6,8-10H2,1-2H3;. The molecule has 0 amide bonds. The van der Waals surface area contributed by atoms with Gasteiger partial charge in [-0.2, -0.15) is 0 Å². The van der Waals surface area contributed by atoms with E-state index in [2.05, 4.69) is 26.0 Å². The van der Waals surface area contributed by atoms with Gasteiger partial charge in [0.15, 0.2) is 0 Å². The summed E-state index contributed by atoms with van der Waals surface area (Å²) >= 11 is 0. The van der Waals surface area contributed by atoms with Crippen molar-refractivity contribution in [2.45, 2.75) is 51.9 Å². The second kappa shape index (κ2) is 5.68. The molecule has 0 heterocycles. The first-order valence-electron chi connectivity index (χ1n) is 8.08. The maximum absolute atomic E-state index is 9.70. The average molecular weight is 495 g/mol. The van der Waals surface area contributed by atoms with E-state index in [9.17, 15) is 5.11 Å². The summed E-state index contributed by atoms with van der Waals surface area (Å²) in [7, 11) is 0. The molecule has 21 heavy (non-hydrogen) atoms. The molecule has 0 bridgehead atoms. The Morgan fingerprint density at radius 1 is 1.24 bits per heavy atom. The predicted octanol–water partition coefficient (Wildman–Crippen LogP) is 4.80. The van der Waals surface area contributed by atoms with Gasteiger partial charge in [0.05, 0.1) is 0 Å². The summed E-state index contributed by atoms with van der Waals surface area (Å²) in [5.41, 5.74) is 5.04. The van der Waals surface area contributed by atoms with Crippen LogP contribution in [0.15, 0.2) is 29.8 Å². The Bertz CT molecular complexity index is 591. The minimum atomic E-state index is 0. The van der Waals surface area contributed by atoms with Crippen LogP contribution in [0, 0.1) is 61.3 Å². The number of hydrogen-bond acceptors (Lipinski definition) is 1. The van der Waals surface area contributed by atoms with E-state index in [1.165, 1.54) is 36.8 Å². The molecule has 1 radical (unpaired) electrons. The monoisotopic (exact) mass is 495 g/mol. The number of phenolic OH excluding ortho intramolecular Hbond substituents is 1. The van der Waals surface area contributed by atoms with Crippen LogP contribution in [0.4, 0.5) is 0 Å². The summed E-state index contributed by atoms with van der Waals surface area (Å²) in [6.45, 7) is 4.84. The number of aryl methyl sites for hydroxylation is 1. The van der Waals surface area contributed by atoms with Gasteiger partial charge in [-0.25, -0.2) is 0 Å². The number of aromatic hydroxyl groups is 1. The smallest absolute Gasteiger partial charge is 0.115 e. The molecule has 4 unspecified atom stereocenters. The van der Waals surface area contributed by atoms with Crippen molar-refractivity contribution in [2.75, 3.05) is 0 Å². The molecule has 4 rings (SSSR count). The van der Waals surface area contributed by atoms with E-state index in [1.54, 1.807) is 5.57 Å². The van der Waals surface area contributed by atoms with Crippen LogP contribution in [0.5, 0.6) is 5.75 Å². The van der Waals surface area contributed by atoms with Gasteiger partial charge in [-0.15, -0.1) is 0 Å². The molecule has 2 heteroatoms. The summed E-state index contributed by atoms with van der Waals surface area (Å²) in [6, 6.07) is 6.07. The molecule has 0 saturated heterocycles. The second-order valence-corrected chi connectivity index (χ2v) is 7.38. The van der Waals surface area contributed by atoms with Crippen molar-refractivity contribution in [3.8, 4) is 5.75 Å². The van der Waals surface area contributed by atoms with Crippen LogP contribution < -0.4 is 0 Å².